The second-order valence-corrected chi connectivity index (χ2v) is 5.50. The fraction of sp³-hybridized carbons (Fsp3) is 0. The molecule has 1 amide bonds. The van der Waals surface area contributed by atoms with Crippen molar-refractivity contribution in [2.45, 2.75) is 0 Å². The summed E-state index contributed by atoms with van der Waals surface area (Å²) in [5, 5.41) is 17.2. The van der Waals surface area contributed by atoms with Gasteiger partial charge in [0.25, 0.3) is 11.6 Å². The molecule has 124 valence electrons. The van der Waals surface area contributed by atoms with E-state index in [4.69, 9.17) is 12.2 Å². The molecule has 0 bridgehead atoms. The van der Waals surface area contributed by atoms with Crippen molar-refractivity contribution in [3.8, 4) is 0 Å². The summed E-state index contributed by atoms with van der Waals surface area (Å²) in [6, 6.07) is 14.7. The Bertz CT molecular complexity index is 985. The van der Waals surface area contributed by atoms with E-state index in [2.05, 4.69) is 15.6 Å². The number of hydrogen-bond donors (Lipinski definition) is 2. The number of pyridine rings is 1. The van der Waals surface area contributed by atoms with E-state index < -0.39 is 10.8 Å². The number of para-hydroxylation sites is 1. The number of carbonyl (C=O) groups excluding carboxylic acids is 1. The number of anilines is 1. The van der Waals surface area contributed by atoms with Crippen molar-refractivity contribution < 1.29 is 9.72 Å². The number of aromatic nitrogens is 1. The summed E-state index contributed by atoms with van der Waals surface area (Å²) in [6.07, 6.45) is 1.66. The highest BCUT2D eigenvalue weighted by atomic mass is 32.1. The van der Waals surface area contributed by atoms with Gasteiger partial charge in [0.05, 0.1) is 16.1 Å². The van der Waals surface area contributed by atoms with Crippen LogP contribution in [0, 0.1) is 10.1 Å². The summed E-state index contributed by atoms with van der Waals surface area (Å²) in [7, 11) is 0. The maximum absolute atomic E-state index is 12.2. The van der Waals surface area contributed by atoms with Gasteiger partial charge in [0.2, 0.25) is 0 Å². The SMILES string of the molecule is O=C(NC(=S)Nc1cccc2cccnc12)c1cccc([N+](=O)[O-])c1. The molecular weight excluding hydrogens is 340 g/mol. The maximum atomic E-state index is 12.2. The fourth-order valence-electron chi connectivity index (χ4n) is 2.29. The minimum absolute atomic E-state index is 0.0784. The number of hydrogen-bond acceptors (Lipinski definition) is 5. The summed E-state index contributed by atoms with van der Waals surface area (Å²) >= 11 is 5.15. The van der Waals surface area contributed by atoms with Crippen molar-refractivity contribution in [1.29, 1.82) is 0 Å². The van der Waals surface area contributed by atoms with Crippen molar-refractivity contribution >= 4 is 45.5 Å². The highest BCUT2D eigenvalue weighted by molar-refractivity contribution is 7.80. The second kappa shape index (κ2) is 7.02. The van der Waals surface area contributed by atoms with Gasteiger partial charge in [-0.05, 0) is 30.4 Å². The second-order valence-electron chi connectivity index (χ2n) is 5.10. The van der Waals surface area contributed by atoms with Crippen LogP contribution in [0.1, 0.15) is 10.4 Å². The molecule has 0 aliphatic carbocycles. The number of amides is 1. The largest absolute Gasteiger partial charge is 0.331 e. The van der Waals surface area contributed by atoms with Crippen molar-refractivity contribution in [3.05, 3.63) is 76.5 Å². The van der Waals surface area contributed by atoms with Gasteiger partial charge in [-0.1, -0.05) is 24.3 Å². The molecule has 0 aliphatic rings. The number of carbonyl (C=O) groups is 1. The zero-order valence-electron chi connectivity index (χ0n) is 12.8. The third-order valence-electron chi connectivity index (χ3n) is 3.43. The van der Waals surface area contributed by atoms with Crippen LogP contribution in [-0.4, -0.2) is 20.9 Å². The first kappa shape index (κ1) is 16.5. The van der Waals surface area contributed by atoms with Gasteiger partial charge in [-0.15, -0.1) is 0 Å². The summed E-state index contributed by atoms with van der Waals surface area (Å²) in [6.45, 7) is 0. The lowest BCUT2D eigenvalue weighted by molar-refractivity contribution is -0.384. The smallest absolute Gasteiger partial charge is 0.270 e. The number of benzene rings is 2. The predicted molar refractivity (Wildman–Crippen MR) is 98.5 cm³/mol. The third kappa shape index (κ3) is 3.75. The van der Waals surface area contributed by atoms with Gasteiger partial charge in [-0.2, -0.15) is 0 Å². The highest BCUT2D eigenvalue weighted by Gasteiger charge is 2.13. The summed E-state index contributed by atoms with van der Waals surface area (Å²) in [4.78, 5) is 26.7. The molecule has 2 N–H and O–H groups in total. The van der Waals surface area contributed by atoms with Crippen LogP contribution in [0.2, 0.25) is 0 Å². The Morgan fingerprint density at radius 2 is 1.88 bits per heavy atom. The molecular formula is C17H12N4O3S. The number of fused-ring (bicyclic) bond motifs is 1. The first-order valence-corrected chi connectivity index (χ1v) is 7.66. The molecule has 0 radical (unpaired) electrons. The number of nitrogens with zero attached hydrogens (tertiary/aromatic N) is 2. The van der Waals surface area contributed by atoms with Crippen LogP contribution in [0.3, 0.4) is 0 Å². The van der Waals surface area contributed by atoms with Crippen molar-refractivity contribution in [2.24, 2.45) is 0 Å². The summed E-state index contributed by atoms with van der Waals surface area (Å²) in [5.74, 6) is -0.533. The van der Waals surface area contributed by atoms with Gasteiger partial charge in [0.1, 0.15) is 0 Å². The minimum atomic E-state index is -0.560. The molecule has 1 aromatic heterocycles. The fourth-order valence-corrected chi connectivity index (χ4v) is 2.50. The van der Waals surface area contributed by atoms with E-state index in [0.29, 0.717) is 5.69 Å². The molecule has 0 aliphatic heterocycles. The zero-order chi connectivity index (χ0) is 17.8. The number of nitro groups is 1. The van der Waals surface area contributed by atoms with E-state index >= 15 is 0 Å². The normalized spacial score (nSPS) is 10.2. The van der Waals surface area contributed by atoms with Crippen molar-refractivity contribution in [3.63, 3.8) is 0 Å². The molecule has 1 heterocycles. The Morgan fingerprint density at radius 3 is 2.68 bits per heavy atom. The molecule has 0 unspecified atom stereocenters. The summed E-state index contributed by atoms with van der Waals surface area (Å²) in [5.41, 5.74) is 1.36. The van der Waals surface area contributed by atoms with Crippen LogP contribution >= 0.6 is 12.2 Å². The Labute approximate surface area is 147 Å². The average molecular weight is 352 g/mol. The maximum Gasteiger partial charge on any atom is 0.270 e. The van der Waals surface area contributed by atoms with Gasteiger partial charge in [0.15, 0.2) is 5.11 Å². The highest BCUT2D eigenvalue weighted by Crippen LogP contribution is 2.20. The lowest BCUT2D eigenvalue weighted by atomic mass is 10.2. The molecule has 25 heavy (non-hydrogen) atoms. The van der Waals surface area contributed by atoms with E-state index in [1.165, 1.54) is 24.3 Å². The summed E-state index contributed by atoms with van der Waals surface area (Å²) < 4.78 is 0. The molecule has 7 nitrogen and oxygen atoms in total. The first-order chi connectivity index (χ1) is 12.0. The average Bonchev–Trinajstić information content (AvgIpc) is 2.62. The Morgan fingerprint density at radius 1 is 1.12 bits per heavy atom. The Kier molecular flexibility index (Phi) is 4.62. The van der Waals surface area contributed by atoms with E-state index in [-0.39, 0.29) is 16.4 Å². The van der Waals surface area contributed by atoms with Gasteiger partial charge in [-0.25, -0.2) is 0 Å². The molecule has 3 aromatic rings. The molecule has 0 fully saturated rings. The molecule has 0 saturated carbocycles. The van der Waals surface area contributed by atoms with Crippen molar-refractivity contribution in [1.82, 2.24) is 10.3 Å². The Balaban J connectivity index is 1.75. The van der Waals surface area contributed by atoms with Gasteiger partial charge >= 0.3 is 0 Å². The number of nitro benzene ring substituents is 1. The van der Waals surface area contributed by atoms with Crippen LogP contribution in [0.15, 0.2) is 60.8 Å². The number of nitrogens with one attached hydrogen (secondary N) is 2. The monoisotopic (exact) mass is 352 g/mol. The standard InChI is InChI=1S/C17H12N4O3S/c22-16(12-5-1-7-13(10-12)21(23)24)20-17(25)19-14-8-2-4-11-6-3-9-18-15(11)14/h1-10H,(H2,19,20,22,25). The number of non-ortho nitro benzene ring substituents is 1. The van der Waals surface area contributed by atoms with Crippen LogP contribution in [0.5, 0.6) is 0 Å². The Hall–Kier alpha value is -3.39. The van der Waals surface area contributed by atoms with Crippen LogP contribution in [0.25, 0.3) is 10.9 Å². The lowest BCUT2D eigenvalue weighted by Crippen LogP contribution is -2.34. The molecule has 3 rings (SSSR count). The molecule has 0 saturated heterocycles. The zero-order valence-corrected chi connectivity index (χ0v) is 13.6. The molecule has 0 spiro atoms. The van der Waals surface area contributed by atoms with E-state index in [0.717, 1.165) is 10.9 Å². The van der Waals surface area contributed by atoms with Crippen LogP contribution in [0.4, 0.5) is 11.4 Å². The van der Waals surface area contributed by atoms with Crippen LogP contribution in [-0.2, 0) is 0 Å². The third-order valence-corrected chi connectivity index (χ3v) is 3.63. The molecule has 8 heteroatoms. The van der Waals surface area contributed by atoms with E-state index in [9.17, 15) is 14.9 Å². The van der Waals surface area contributed by atoms with E-state index in [1.807, 2.05) is 24.3 Å². The topological polar surface area (TPSA) is 97.2 Å². The van der Waals surface area contributed by atoms with Gasteiger partial charge in [0, 0.05) is 29.3 Å². The number of rotatable bonds is 3. The number of thiocarbonyl (C=S) groups is 1. The minimum Gasteiger partial charge on any atom is -0.331 e. The predicted octanol–water partition coefficient (Wildman–Crippen LogP) is 3.27. The van der Waals surface area contributed by atoms with Crippen molar-refractivity contribution in [2.75, 3.05) is 5.32 Å². The first-order valence-electron chi connectivity index (χ1n) is 7.25. The quantitative estimate of drug-likeness (QED) is 0.426. The lowest BCUT2D eigenvalue weighted by Gasteiger charge is -2.11. The molecule has 0 atom stereocenters. The molecule has 2 aromatic carbocycles. The van der Waals surface area contributed by atoms with Crippen LogP contribution < -0.4 is 10.6 Å². The van der Waals surface area contributed by atoms with Gasteiger partial charge in [-0.3, -0.25) is 25.2 Å². The van der Waals surface area contributed by atoms with Gasteiger partial charge < -0.3 is 5.32 Å². The van der Waals surface area contributed by atoms with E-state index in [1.54, 1.807) is 12.3 Å².